The lowest BCUT2D eigenvalue weighted by Gasteiger charge is -2.35. The van der Waals surface area contributed by atoms with E-state index in [4.69, 9.17) is 15.2 Å². The monoisotopic (exact) mass is 288 g/mol. The number of nitrogens with one attached hydrogen (secondary N) is 1. The minimum atomic E-state index is -0.689. The van der Waals surface area contributed by atoms with Gasteiger partial charge in [0.25, 0.3) is 0 Å². The van der Waals surface area contributed by atoms with Crippen molar-refractivity contribution in [1.82, 2.24) is 5.32 Å². The predicted octanol–water partition coefficient (Wildman–Crippen LogP) is 3.03. The molecule has 0 aliphatic rings. The predicted molar refractivity (Wildman–Crippen MR) is 81.5 cm³/mol. The highest BCUT2D eigenvalue weighted by molar-refractivity contribution is 5.71. The maximum atomic E-state index is 10.9. The van der Waals surface area contributed by atoms with E-state index in [1.165, 1.54) is 32.1 Å². The lowest BCUT2D eigenvalue weighted by molar-refractivity contribution is -0.227. The molecular formula is C15H32N2O3. The number of carbonyl (C=O) groups excluding carboxylic acids is 1. The van der Waals surface area contributed by atoms with Gasteiger partial charge in [0.15, 0.2) is 5.79 Å². The van der Waals surface area contributed by atoms with Crippen molar-refractivity contribution in [3.63, 3.8) is 0 Å². The third kappa shape index (κ3) is 7.70. The van der Waals surface area contributed by atoms with Gasteiger partial charge in [0.2, 0.25) is 0 Å². The van der Waals surface area contributed by atoms with E-state index in [1.807, 2.05) is 6.92 Å². The summed E-state index contributed by atoms with van der Waals surface area (Å²) in [5.74, 6) is -0.595. The summed E-state index contributed by atoms with van der Waals surface area (Å²) < 4.78 is 10.9. The second-order valence-corrected chi connectivity index (χ2v) is 5.42. The average molecular weight is 288 g/mol. The van der Waals surface area contributed by atoms with Gasteiger partial charge in [-0.05, 0) is 13.3 Å². The number of unbranched alkanes of at least 4 members (excludes halogenated alkanes) is 5. The molecule has 0 radical (unpaired) electrons. The fraction of sp³-hybridized carbons (Fsp3) is 0.933. The van der Waals surface area contributed by atoms with E-state index in [2.05, 4.69) is 12.2 Å². The Morgan fingerprint density at radius 2 is 1.70 bits per heavy atom. The molecule has 0 rings (SSSR count). The zero-order chi connectivity index (χ0) is 15.4. The first-order valence-corrected chi connectivity index (χ1v) is 7.63. The van der Waals surface area contributed by atoms with Gasteiger partial charge in [-0.1, -0.05) is 45.4 Å². The van der Waals surface area contributed by atoms with E-state index in [0.717, 1.165) is 12.8 Å². The minimum Gasteiger partial charge on any atom is -0.353 e. The first-order valence-electron chi connectivity index (χ1n) is 7.63. The first-order chi connectivity index (χ1) is 9.50. The number of rotatable bonds is 12. The number of methoxy groups -OCH3 is 2. The molecule has 0 saturated carbocycles. The van der Waals surface area contributed by atoms with Crippen molar-refractivity contribution in [3.05, 3.63) is 0 Å². The molecule has 0 saturated heterocycles. The van der Waals surface area contributed by atoms with Crippen LogP contribution in [0.2, 0.25) is 0 Å². The molecule has 2 amide bonds. The number of amides is 2. The summed E-state index contributed by atoms with van der Waals surface area (Å²) in [7, 11) is 3.25. The van der Waals surface area contributed by atoms with Crippen LogP contribution in [0.3, 0.4) is 0 Å². The van der Waals surface area contributed by atoms with Crippen molar-refractivity contribution in [2.24, 2.45) is 11.7 Å². The molecule has 0 fully saturated rings. The van der Waals surface area contributed by atoms with Crippen molar-refractivity contribution in [3.8, 4) is 0 Å². The maximum absolute atomic E-state index is 10.9. The molecular weight excluding hydrogens is 256 g/mol. The van der Waals surface area contributed by atoms with Gasteiger partial charge in [-0.25, -0.2) is 4.79 Å². The number of ether oxygens (including phenoxy) is 2. The van der Waals surface area contributed by atoms with Gasteiger partial charge in [-0.2, -0.15) is 0 Å². The van der Waals surface area contributed by atoms with Crippen LogP contribution in [0.4, 0.5) is 4.79 Å². The SMILES string of the molecule is CCCCCCCCC(CNC(N)=O)C(C)(OC)OC. The zero-order valence-corrected chi connectivity index (χ0v) is 13.5. The number of hydrogen-bond donors (Lipinski definition) is 2. The largest absolute Gasteiger partial charge is 0.353 e. The van der Waals surface area contributed by atoms with E-state index in [0.29, 0.717) is 6.54 Å². The summed E-state index contributed by atoms with van der Waals surface area (Å²) >= 11 is 0. The third-order valence-electron chi connectivity index (χ3n) is 3.98. The number of nitrogens with two attached hydrogens (primary N) is 1. The molecule has 5 nitrogen and oxygen atoms in total. The van der Waals surface area contributed by atoms with Crippen LogP contribution in [-0.4, -0.2) is 32.6 Å². The van der Waals surface area contributed by atoms with Gasteiger partial charge < -0.3 is 20.5 Å². The second-order valence-electron chi connectivity index (χ2n) is 5.42. The maximum Gasteiger partial charge on any atom is 0.312 e. The molecule has 0 aromatic rings. The summed E-state index contributed by atoms with van der Waals surface area (Å²) in [6.45, 7) is 4.59. The van der Waals surface area contributed by atoms with Crippen LogP contribution >= 0.6 is 0 Å². The summed E-state index contributed by atoms with van der Waals surface area (Å²) in [6, 6.07) is -0.507. The van der Waals surface area contributed by atoms with Crippen LogP contribution in [-0.2, 0) is 9.47 Å². The Hall–Kier alpha value is -0.810. The van der Waals surface area contributed by atoms with Crippen LogP contribution in [0, 0.1) is 5.92 Å². The molecule has 1 unspecified atom stereocenters. The second kappa shape index (κ2) is 10.9. The van der Waals surface area contributed by atoms with E-state index in [9.17, 15) is 4.79 Å². The van der Waals surface area contributed by atoms with Crippen LogP contribution in [0.1, 0.15) is 58.8 Å². The molecule has 0 heterocycles. The van der Waals surface area contributed by atoms with E-state index < -0.39 is 11.8 Å². The molecule has 120 valence electrons. The van der Waals surface area contributed by atoms with Gasteiger partial charge in [-0.3, -0.25) is 0 Å². The van der Waals surface area contributed by atoms with Gasteiger partial charge in [0.1, 0.15) is 0 Å². The standard InChI is InChI=1S/C15H32N2O3/c1-5-6-7-8-9-10-11-13(12-17-14(16)18)15(2,19-3)20-4/h13H,5-12H2,1-4H3,(H3,16,17,18). The number of carbonyl (C=O) groups is 1. The fourth-order valence-corrected chi connectivity index (χ4v) is 2.36. The quantitative estimate of drug-likeness (QED) is 0.428. The smallest absolute Gasteiger partial charge is 0.312 e. The molecule has 20 heavy (non-hydrogen) atoms. The van der Waals surface area contributed by atoms with Gasteiger partial charge in [-0.15, -0.1) is 0 Å². The molecule has 5 heteroatoms. The molecule has 3 N–H and O–H groups in total. The van der Waals surface area contributed by atoms with Crippen LogP contribution in [0.15, 0.2) is 0 Å². The van der Waals surface area contributed by atoms with Crippen molar-refractivity contribution in [2.45, 2.75) is 64.6 Å². The van der Waals surface area contributed by atoms with Crippen molar-refractivity contribution in [1.29, 1.82) is 0 Å². The molecule has 0 bridgehead atoms. The Morgan fingerprint density at radius 1 is 1.15 bits per heavy atom. The summed E-state index contributed by atoms with van der Waals surface area (Å²) in [6.07, 6.45) is 8.39. The summed E-state index contributed by atoms with van der Waals surface area (Å²) in [5.41, 5.74) is 5.14. The van der Waals surface area contributed by atoms with Gasteiger partial charge in [0, 0.05) is 26.7 Å². The Kier molecular flexibility index (Phi) is 10.5. The fourth-order valence-electron chi connectivity index (χ4n) is 2.36. The summed E-state index contributed by atoms with van der Waals surface area (Å²) in [4.78, 5) is 10.9. The van der Waals surface area contributed by atoms with E-state index >= 15 is 0 Å². The molecule has 0 aromatic heterocycles. The molecule has 0 aromatic carbocycles. The van der Waals surface area contributed by atoms with Crippen LogP contribution < -0.4 is 11.1 Å². The molecule has 0 aliphatic heterocycles. The lowest BCUT2D eigenvalue weighted by atomic mass is 9.92. The van der Waals surface area contributed by atoms with E-state index in [-0.39, 0.29) is 5.92 Å². The van der Waals surface area contributed by atoms with Crippen LogP contribution in [0.25, 0.3) is 0 Å². The topological polar surface area (TPSA) is 73.6 Å². The van der Waals surface area contributed by atoms with E-state index in [1.54, 1.807) is 14.2 Å². The van der Waals surface area contributed by atoms with Crippen molar-refractivity contribution in [2.75, 3.05) is 20.8 Å². The summed E-state index contributed by atoms with van der Waals surface area (Å²) in [5, 5.41) is 2.66. The first kappa shape index (κ1) is 19.2. The highest BCUT2D eigenvalue weighted by atomic mass is 16.7. The Morgan fingerprint density at radius 3 is 2.20 bits per heavy atom. The van der Waals surface area contributed by atoms with Gasteiger partial charge >= 0.3 is 6.03 Å². The van der Waals surface area contributed by atoms with Gasteiger partial charge in [0.05, 0.1) is 0 Å². The highest BCUT2D eigenvalue weighted by Gasteiger charge is 2.33. The zero-order valence-electron chi connectivity index (χ0n) is 13.5. The Bertz CT molecular complexity index is 256. The molecule has 0 aliphatic carbocycles. The number of primary amides is 1. The van der Waals surface area contributed by atoms with Crippen molar-refractivity contribution >= 4 is 6.03 Å². The average Bonchev–Trinajstić information content (AvgIpc) is 2.44. The highest BCUT2D eigenvalue weighted by Crippen LogP contribution is 2.27. The third-order valence-corrected chi connectivity index (χ3v) is 3.98. The lowest BCUT2D eigenvalue weighted by Crippen LogP contribution is -2.46. The van der Waals surface area contributed by atoms with Crippen molar-refractivity contribution < 1.29 is 14.3 Å². The normalized spacial score (nSPS) is 13.2. The van der Waals surface area contributed by atoms with Crippen LogP contribution in [0.5, 0.6) is 0 Å². The Balaban J connectivity index is 4.21. The number of urea groups is 1. The Labute approximate surface area is 123 Å². The minimum absolute atomic E-state index is 0.0937. The number of hydrogen-bond acceptors (Lipinski definition) is 3. The molecule has 0 spiro atoms. The molecule has 1 atom stereocenters.